The van der Waals surface area contributed by atoms with E-state index in [0.29, 0.717) is 12.6 Å². The molecule has 0 radical (unpaired) electrons. The SMILES string of the molecule is CC1CN2CCCCC2CN1CC(C(=N)N)C(F)(F)F. The van der Waals surface area contributed by atoms with Gasteiger partial charge in [-0.25, -0.2) is 0 Å². The molecule has 0 bridgehead atoms. The van der Waals surface area contributed by atoms with Crippen LogP contribution in [0.4, 0.5) is 13.2 Å². The zero-order valence-corrected chi connectivity index (χ0v) is 11.8. The molecule has 0 aromatic carbocycles. The van der Waals surface area contributed by atoms with E-state index in [-0.39, 0.29) is 12.6 Å². The van der Waals surface area contributed by atoms with Crippen LogP contribution in [0.25, 0.3) is 0 Å². The Labute approximate surface area is 117 Å². The normalized spacial score (nSPS) is 30.8. The summed E-state index contributed by atoms with van der Waals surface area (Å²) >= 11 is 0. The standard InChI is InChI=1S/C13H23F3N4/c1-9-6-19-5-3-2-4-10(19)7-20(9)8-11(12(17)18)13(14,15)16/h9-11H,2-8H2,1H3,(H3,17,18). The van der Waals surface area contributed by atoms with Crippen LogP contribution in [-0.4, -0.2) is 60.1 Å². The van der Waals surface area contributed by atoms with Crippen molar-refractivity contribution in [3.8, 4) is 0 Å². The molecule has 3 unspecified atom stereocenters. The van der Waals surface area contributed by atoms with Crippen LogP contribution in [0.1, 0.15) is 26.2 Å². The van der Waals surface area contributed by atoms with E-state index in [1.165, 1.54) is 6.42 Å². The van der Waals surface area contributed by atoms with E-state index in [9.17, 15) is 13.2 Å². The van der Waals surface area contributed by atoms with Gasteiger partial charge in [0.25, 0.3) is 0 Å². The van der Waals surface area contributed by atoms with Crippen LogP contribution in [0.2, 0.25) is 0 Å². The van der Waals surface area contributed by atoms with Gasteiger partial charge in [-0.1, -0.05) is 6.42 Å². The lowest BCUT2D eigenvalue weighted by molar-refractivity contribution is -0.163. The molecule has 2 heterocycles. The van der Waals surface area contributed by atoms with Crippen LogP contribution in [0.15, 0.2) is 0 Å². The van der Waals surface area contributed by atoms with Gasteiger partial charge in [0, 0.05) is 31.7 Å². The first-order valence-corrected chi connectivity index (χ1v) is 7.17. The van der Waals surface area contributed by atoms with Crippen LogP contribution in [0.5, 0.6) is 0 Å². The van der Waals surface area contributed by atoms with Crippen LogP contribution < -0.4 is 5.73 Å². The van der Waals surface area contributed by atoms with Gasteiger partial charge in [-0.2, -0.15) is 13.2 Å². The highest BCUT2D eigenvalue weighted by Crippen LogP contribution is 2.30. The lowest BCUT2D eigenvalue weighted by atomic mass is 9.96. The van der Waals surface area contributed by atoms with Gasteiger partial charge in [0.2, 0.25) is 0 Å². The topological polar surface area (TPSA) is 56.4 Å². The summed E-state index contributed by atoms with van der Waals surface area (Å²) in [5, 5.41) is 7.19. The largest absolute Gasteiger partial charge is 0.399 e. The van der Waals surface area contributed by atoms with E-state index in [4.69, 9.17) is 11.1 Å². The van der Waals surface area contributed by atoms with Gasteiger partial charge in [0.15, 0.2) is 0 Å². The van der Waals surface area contributed by atoms with Crippen molar-refractivity contribution < 1.29 is 13.2 Å². The van der Waals surface area contributed by atoms with E-state index < -0.39 is 17.9 Å². The van der Waals surface area contributed by atoms with Crippen molar-refractivity contribution in [2.75, 3.05) is 26.2 Å². The molecule has 2 fully saturated rings. The lowest BCUT2D eigenvalue weighted by Gasteiger charge is -2.48. The average Bonchev–Trinajstić information content (AvgIpc) is 2.34. The van der Waals surface area contributed by atoms with Gasteiger partial charge >= 0.3 is 6.18 Å². The van der Waals surface area contributed by atoms with Crippen LogP contribution >= 0.6 is 0 Å². The van der Waals surface area contributed by atoms with Crippen molar-refractivity contribution in [2.24, 2.45) is 11.7 Å². The van der Waals surface area contributed by atoms with Crippen LogP contribution in [0, 0.1) is 11.3 Å². The summed E-state index contributed by atoms with van der Waals surface area (Å²) in [6.07, 6.45) is -1.05. The predicted octanol–water partition coefficient (Wildman–Crippen LogP) is 1.66. The molecular formula is C13H23F3N4. The molecule has 116 valence electrons. The highest BCUT2D eigenvalue weighted by molar-refractivity contribution is 5.80. The maximum Gasteiger partial charge on any atom is 0.399 e. The molecule has 0 saturated carbocycles. The van der Waals surface area contributed by atoms with Crippen LogP contribution in [0.3, 0.4) is 0 Å². The summed E-state index contributed by atoms with van der Waals surface area (Å²) < 4.78 is 38.8. The molecule has 2 aliphatic heterocycles. The molecule has 0 spiro atoms. The van der Waals surface area contributed by atoms with Gasteiger partial charge in [-0.05, 0) is 26.3 Å². The number of piperidine rings is 1. The second kappa shape index (κ2) is 5.89. The van der Waals surface area contributed by atoms with Gasteiger partial charge in [-0.3, -0.25) is 15.2 Å². The Morgan fingerprint density at radius 2 is 2.05 bits per heavy atom. The Bertz CT molecular complexity index is 358. The third-order valence-corrected chi connectivity index (χ3v) is 4.50. The minimum Gasteiger partial charge on any atom is -0.387 e. The first-order valence-electron chi connectivity index (χ1n) is 7.17. The number of piperazine rings is 1. The predicted molar refractivity (Wildman–Crippen MR) is 71.7 cm³/mol. The molecule has 2 saturated heterocycles. The molecular weight excluding hydrogens is 269 g/mol. The summed E-state index contributed by atoms with van der Waals surface area (Å²) in [5.41, 5.74) is 5.14. The van der Waals surface area contributed by atoms with E-state index >= 15 is 0 Å². The first-order chi connectivity index (χ1) is 9.29. The average molecular weight is 292 g/mol. The molecule has 20 heavy (non-hydrogen) atoms. The fourth-order valence-corrected chi connectivity index (χ4v) is 3.28. The highest BCUT2D eigenvalue weighted by atomic mass is 19.4. The summed E-state index contributed by atoms with van der Waals surface area (Å²) in [6, 6.07) is 0.439. The number of halogens is 3. The Balaban J connectivity index is 2.02. The Morgan fingerprint density at radius 1 is 1.35 bits per heavy atom. The van der Waals surface area contributed by atoms with E-state index in [1.54, 1.807) is 0 Å². The molecule has 3 N–H and O–H groups in total. The monoisotopic (exact) mass is 292 g/mol. The zero-order chi connectivity index (χ0) is 14.9. The van der Waals surface area contributed by atoms with Gasteiger partial charge < -0.3 is 5.73 Å². The summed E-state index contributed by atoms with van der Waals surface area (Å²) in [4.78, 5) is 4.24. The van der Waals surface area contributed by atoms with E-state index in [0.717, 1.165) is 25.9 Å². The fourth-order valence-electron chi connectivity index (χ4n) is 3.28. The van der Waals surface area contributed by atoms with Crippen molar-refractivity contribution in [2.45, 2.75) is 44.4 Å². The van der Waals surface area contributed by atoms with Gasteiger partial charge in [0.05, 0.1) is 0 Å². The fraction of sp³-hybridized carbons (Fsp3) is 0.923. The zero-order valence-electron chi connectivity index (χ0n) is 11.8. The molecule has 0 aromatic heterocycles. The van der Waals surface area contributed by atoms with Crippen LogP contribution in [-0.2, 0) is 0 Å². The number of fused-ring (bicyclic) bond motifs is 1. The van der Waals surface area contributed by atoms with Crippen molar-refractivity contribution in [1.82, 2.24) is 9.80 Å². The number of rotatable bonds is 3. The minimum absolute atomic E-state index is 0.0774. The van der Waals surface area contributed by atoms with E-state index in [2.05, 4.69) is 4.90 Å². The number of amidine groups is 1. The second-order valence-corrected chi connectivity index (χ2v) is 6.00. The molecule has 0 amide bonds. The number of hydrogen-bond acceptors (Lipinski definition) is 3. The summed E-state index contributed by atoms with van der Waals surface area (Å²) in [6.45, 7) is 4.29. The molecule has 2 aliphatic rings. The smallest absolute Gasteiger partial charge is 0.387 e. The lowest BCUT2D eigenvalue weighted by Crippen LogP contribution is -2.60. The molecule has 0 aromatic rings. The number of hydrogen-bond donors (Lipinski definition) is 2. The molecule has 7 heteroatoms. The Kier molecular flexibility index (Phi) is 4.59. The van der Waals surface area contributed by atoms with Gasteiger partial charge in [-0.15, -0.1) is 0 Å². The maximum atomic E-state index is 12.9. The highest BCUT2D eigenvalue weighted by Gasteiger charge is 2.44. The molecule has 0 aliphatic carbocycles. The second-order valence-electron chi connectivity index (χ2n) is 6.00. The number of nitrogens with two attached hydrogens (primary N) is 1. The van der Waals surface area contributed by atoms with Crippen molar-refractivity contribution in [3.05, 3.63) is 0 Å². The van der Waals surface area contributed by atoms with Crippen molar-refractivity contribution in [1.29, 1.82) is 5.41 Å². The quantitative estimate of drug-likeness (QED) is 0.614. The summed E-state index contributed by atoms with van der Waals surface area (Å²) in [5.74, 6) is -2.63. The molecule has 3 atom stereocenters. The number of alkyl halides is 3. The maximum absolute atomic E-state index is 12.9. The molecule has 2 rings (SSSR count). The third kappa shape index (κ3) is 3.44. The number of nitrogens with one attached hydrogen (secondary N) is 1. The first kappa shape index (κ1) is 15.6. The molecule has 4 nitrogen and oxygen atoms in total. The Morgan fingerprint density at radius 3 is 2.65 bits per heavy atom. The Hall–Kier alpha value is -0.820. The van der Waals surface area contributed by atoms with Crippen molar-refractivity contribution >= 4 is 5.84 Å². The number of nitrogens with zero attached hydrogens (tertiary/aromatic N) is 2. The van der Waals surface area contributed by atoms with Crippen molar-refractivity contribution in [3.63, 3.8) is 0 Å². The van der Waals surface area contributed by atoms with E-state index in [1.807, 2.05) is 11.8 Å². The van der Waals surface area contributed by atoms with Gasteiger partial charge in [0.1, 0.15) is 11.8 Å². The summed E-state index contributed by atoms with van der Waals surface area (Å²) in [7, 11) is 0. The minimum atomic E-state index is -4.44. The third-order valence-electron chi connectivity index (χ3n) is 4.50.